The molecule has 26 heavy (non-hydrogen) atoms. The van der Waals surface area contributed by atoms with Crippen molar-refractivity contribution in [3.05, 3.63) is 47.0 Å². The number of para-hydroxylation sites is 2. The quantitative estimate of drug-likeness (QED) is 0.865. The summed E-state index contributed by atoms with van der Waals surface area (Å²) in [7, 11) is 0. The number of anilines is 1. The highest BCUT2D eigenvalue weighted by molar-refractivity contribution is 5.91. The summed E-state index contributed by atoms with van der Waals surface area (Å²) in [6, 6.07) is 9.19. The van der Waals surface area contributed by atoms with E-state index in [-0.39, 0.29) is 6.03 Å². The zero-order valence-corrected chi connectivity index (χ0v) is 14.8. The lowest BCUT2D eigenvalue weighted by atomic mass is 9.99. The minimum atomic E-state index is -0.277. The summed E-state index contributed by atoms with van der Waals surface area (Å²) >= 11 is 0. The molecule has 0 fully saturated rings. The Morgan fingerprint density at radius 3 is 2.92 bits per heavy atom. The number of rotatable bonds is 5. The van der Waals surface area contributed by atoms with Gasteiger partial charge in [-0.2, -0.15) is 0 Å². The molecule has 2 aliphatic heterocycles. The van der Waals surface area contributed by atoms with Crippen LogP contribution in [0.25, 0.3) is 0 Å². The van der Waals surface area contributed by atoms with E-state index in [0.29, 0.717) is 37.8 Å². The molecule has 0 saturated heterocycles. The number of ether oxygens (including phenoxy) is 3. The summed E-state index contributed by atoms with van der Waals surface area (Å²) in [5, 5.41) is 5.79. The smallest absolute Gasteiger partial charge is 0.319 e. The molecule has 0 radical (unpaired) electrons. The van der Waals surface area contributed by atoms with Crippen LogP contribution >= 0.6 is 0 Å². The molecule has 2 amide bonds. The topological polar surface area (TPSA) is 68.8 Å². The third-order valence-corrected chi connectivity index (χ3v) is 4.62. The van der Waals surface area contributed by atoms with E-state index in [9.17, 15) is 4.79 Å². The first-order chi connectivity index (χ1) is 12.8. The Labute approximate surface area is 152 Å². The van der Waals surface area contributed by atoms with Gasteiger partial charge in [0.05, 0.1) is 25.5 Å². The van der Waals surface area contributed by atoms with Gasteiger partial charge in [0.2, 0.25) is 0 Å². The second kappa shape index (κ2) is 7.15. The fourth-order valence-corrected chi connectivity index (χ4v) is 3.46. The maximum absolute atomic E-state index is 12.4. The minimum absolute atomic E-state index is 0.277. The third kappa shape index (κ3) is 3.14. The van der Waals surface area contributed by atoms with Crippen LogP contribution in [0.2, 0.25) is 0 Å². The van der Waals surface area contributed by atoms with E-state index >= 15 is 0 Å². The Kier molecular flexibility index (Phi) is 4.56. The standard InChI is InChI=1S/C20H22N2O4/c1-2-24-17-6-4-3-5-16(17)22-20(23)21-12-15-14-8-10-25-18(14)11-13-7-9-26-19(13)15/h3-6,11H,2,7-10,12H2,1H3,(H2,21,22,23). The first-order valence-corrected chi connectivity index (χ1v) is 8.96. The van der Waals surface area contributed by atoms with Crippen LogP contribution in [0.15, 0.2) is 30.3 Å². The van der Waals surface area contributed by atoms with Gasteiger partial charge in [-0.05, 0) is 25.1 Å². The molecule has 0 unspecified atom stereocenters. The molecule has 0 aliphatic carbocycles. The average molecular weight is 354 g/mol. The molecule has 0 aromatic heterocycles. The Morgan fingerprint density at radius 1 is 1.19 bits per heavy atom. The lowest BCUT2D eigenvalue weighted by molar-refractivity contribution is 0.251. The van der Waals surface area contributed by atoms with E-state index in [4.69, 9.17) is 14.2 Å². The number of benzene rings is 2. The minimum Gasteiger partial charge on any atom is -0.493 e. The van der Waals surface area contributed by atoms with Gasteiger partial charge in [0.25, 0.3) is 0 Å². The number of hydrogen-bond acceptors (Lipinski definition) is 4. The average Bonchev–Trinajstić information content (AvgIpc) is 3.29. The van der Waals surface area contributed by atoms with E-state index in [0.717, 1.165) is 41.0 Å². The summed E-state index contributed by atoms with van der Waals surface area (Å²) < 4.78 is 17.1. The molecule has 0 saturated carbocycles. The number of hydrogen-bond donors (Lipinski definition) is 2. The van der Waals surface area contributed by atoms with E-state index < -0.39 is 0 Å². The second-order valence-electron chi connectivity index (χ2n) is 6.25. The highest BCUT2D eigenvalue weighted by Gasteiger charge is 2.26. The van der Waals surface area contributed by atoms with Gasteiger partial charge < -0.3 is 24.8 Å². The summed E-state index contributed by atoms with van der Waals surface area (Å²) in [5.41, 5.74) is 3.97. The summed E-state index contributed by atoms with van der Waals surface area (Å²) in [5.74, 6) is 2.49. The van der Waals surface area contributed by atoms with Gasteiger partial charge in [-0.15, -0.1) is 0 Å². The van der Waals surface area contributed by atoms with Gasteiger partial charge in [0, 0.05) is 36.1 Å². The van der Waals surface area contributed by atoms with E-state index in [1.165, 1.54) is 0 Å². The predicted octanol–water partition coefficient (Wildman–Crippen LogP) is 3.28. The number of urea groups is 1. The van der Waals surface area contributed by atoms with Crippen molar-refractivity contribution in [1.82, 2.24) is 5.32 Å². The van der Waals surface area contributed by atoms with Gasteiger partial charge in [0.15, 0.2) is 0 Å². The van der Waals surface area contributed by atoms with Crippen molar-refractivity contribution in [3.63, 3.8) is 0 Å². The summed E-state index contributed by atoms with van der Waals surface area (Å²) in [6.07, 6.45) is 1.73. The largest absolute Gasteiger partial charge is 0.493 e. The van der Waals surface area contributed by atoms with Crippen molar-refractivity contribution in [2.45, 2.75) is 26.3 Å². The zero-order chi connectivity index (χ0) is 17.9. The Balaban J connectivity index is 1.48. The number of carbonyl (C=O) groups excluding carboxylic acids is 1. The Bertz CT molecular complexity index is 803. The van der Waals surface area contributed by atoms with Crippen molar-refractivity contribution in [2.75, 3.05) is 25.1 Å². The normalized spacial score (nSPS) is 14.0. The Morgan fingerprint density at radius 2 is 2.04 bits per heavy atom. The number of carbonyl (C=O) groups is 1. The number of nitrogens with one attached hydrogen (secondary N) is 2. The van der Waals surface area contributed by atoms with Crippen LogP contribution in [0.5, 0.6) is 17.2 Å². The maximum Gasteiger partial charge on any atom is 0.319 e. The highest BCUT2D eigenvalue weighted by Crippen LogP contribution is 2.40. The van der Waals surface area contributed by atoms with Crippen molar-refractivity contribution in [2.24, 2.45) is 0 Å². The molecule has 136 valence electrons. The molecule has 4 rings (SSSR count). The molecule has 2 heterocycles. The van der Waals surface area contributed by atoms with Gasteiger partial charge in [-0.1, -0.05) is 12.1 Å². The first-order valence-electron chi connectivity index (χ1n) is 8.96. The molecule has 2 N–H and O–H groups in total. The molecule has 0 atom stereocenters. The molecule has 6 nitrogen and oxygen atoms in total. The maximum atomic E-state index is 12.4. The molecule has 2 aliphatic rings. The van der Waals surface area contributed by atoms with Crippen LogP contribution in [0, 0.1) is 0 Å². The van der Waals surface area contributed by atoms with Crippen LogP contribution < -0.4 is 24.8 Å². The van der Waals surface area contributed by atoms with Crippen molar-refractivity contribution in [1.29, 1.82) is 0 Å². The van der Waals surface area contributed by atoms with Crippen molar-refractivity contribution >= 4 is 11.7 Å². The van der Waals surface area contributed by atoms with Crippen molar-refractivity contribution < 1.29 is 19.0 Å². The number of amides is 2. The summed E-state index contributed by atoms with van der Waals surface area (Å²) in [6.45, 7) is 4.21. The lowest BCUT2D eigenvalue weighted by Gasteiger charge is -2.15. The molecule has 2 aromatic rings. The first kappa shape index (κ1) is 16.6. The molecular formula is C20H22N2O4. The Hall–Kier alpha value is -2.89. The summed E-state index contributed by atoms with van der Waals surface area (Å²) in [4.78, 5) is 12.4. The van der Waals surface area contributed by atoms with Crippen LogP contribution in [0.1, 0.15) is 23.6 Å². The van der Waals surface area contributed by atoms with Gasteiger partial charge >= 0.3 is 6.03 Å². The van der Waals surface area contributed by atoms with Crippen LogP contribution in [0.3, 0.4) is 0 Å². The number of fused-ring (bicyclic) bond motifs is 2. The van der Waals surface area contributed by atoms with Gasteiger partial charge in [-0.25, -0.2) is 4.79 Å². The van der Waals surface area contributed by atoms with Crippen LogP contribution in [0.4, 0.5) is 10.5 Å². The van der Waals surface area contributed by atoms with E-state index in [1.807, 2.05) is 31.2 Å². The third-order valence-electron chi connectivity index (χ3n) is 4.62. The monoisotopic (exact) mass is 354 g/mol. The molecule has 0 spiro atoms. The van der Waals surface area contributed by atoms with Gasteiger partial charge in [-0.3, -0.25) is 0 Å². The predicted molar refractivity (Wildman–Crippen MR) is 98.3 cm³/mol. The van der Waals surface area contributed by atoms with Crippen LogP contribution in [-0.4, -0.2) is 25.9 Å². The second-order valence-corrected chi connectivity index (χ2v) is 6.25. The van der Waals surface area contributed by atoms with Crippen LogP contribution in [-0.2, 0) is 19.4 Å². The molecular weight excluding hydrogens is 332 g/mol. The lowest BCUT2D eigenvalue weighted by Crippen LogP contribution is -2.29. The molecule has 2 aromatic carbocycles. The SMILES string of the molecule is CCOc1ccccc1NC(=O)NCc1c2c(cc3c1OCC3)OCC2. The molecule has 0 bridgehead atoms. The fourth-order valence-electron chi connectivity index (χ4n) is 3.46. The van der Waals surface area contributed by atoms with E-state index in [1.54, 1.807) is 0 Å². The van der Waals surface area contributed by atoms with Crippen molar-refractivity contribution in [3.8, 4) is 17.2 Å². The molecule has 6 heteroatoms. The zero-order valence-electron chi connectivity index (χ0n) is 14.8. The highest BCUT2D eigenvalue weighted by atomic mass is 16.5. The fraction of sp³-hybridized carbons (Fsp3) is 0.350. The van der Waals surface area contributed by atoms with E-state index in [2.05, 4.69) is 16.7 Å². The van der Waals surface area contributed by atoms with Gasteiger partial charge in [0.1, 0.15) is 17.2 Å².